The molecule has 0 aromatic carbocycles. The lowest BCUT2D eigenvalue weighted by Crippen LogP contribution is -2.37. The van der Waals surface area contributed by atoms with Crippen LogP contribution in [0.4, 0.5) is 0 Å². The Morgan fingerprint density at radius 2 is 2.44 bits per heavy atom. The van der Waals surface area contributed by atoms with Gasteiger partial charge in [0, 0.05) is 37.5 Å². The fraction of sp³-hybridized carbons (Fsp3) is 0.615. The van der Waals surface area contributed by atoms with Crippen LogP contribution in [0.15, 0.2) is 11.4 Å². The van der Waals surface area contributed by atoms with Gasteiger partial charge in [-0.1, -0.05) is 0 Å². The number of hydrogen-bond acceptors (Lipinski definition) is 4. The van der Waals surface area contributed by atoms with Crippen molar-refractivity contribution in [1.82, 2.24) is 10.2 Å². The molecule has 5 heteroatoms. The summed E-state index contributed by atoms with van der Waals surface area (Å²) < 4.78 is 0. The predicted octanol–water partition coefficient (Wildman–Crippen LogP) is 0.961. The molecule has 0 fully saturated rings. The highest BCUT2D eigenvalue weighted by Gasteiger charge is 2.16. The van der Waals surface area contributed by atoms with Gasteiger partial charge in [0.2, 0.25) is 5.91 Å². The number of amides is 1. The van der Waals surface area contributed by atoms with Gasteiger partial charge in [0.05, 0.1) is 0 Å². The zero-order chi connectivity index (χ0) is 12.8. The van der Waals surface area contributed by atoms with Crippen molar-refractivity contribution >= 4 is 17.2 Å². The van der Waals surface area contributed by atoms with E-state index in [1.807, 2.05) is 11.3 Å². The van der Waals surface area contributed by atoms with Crippen molar-refractivity contribution in [3.05, 3.63) is 21.9 Å². The molecule has 18 heavy (non-hydrogen) atoms. The van der Waals surface area contributed by atoms with E-state index >= 15 is 0 Å². The average molecular weight is 267 g/mol. The van der Waals surface area contributed by atoms with E-state index in [1.165, 1.54) is 10.4 Å². The smallest absolute Gasteiger partial charge is 0.220 e. The molecule has 0 radical (unpaired) electrons. The molecule has 0 spiro atoms. The molecule has 1 aromatic rings. The van der Waals surface area contributed by atoms with Crippen molar-refractivity contribution in [2.45, 2.75) is 25.8 Å². The van der Waals surface area contributed by atoms with E-state index < -0.39 is 0 Å². The third kappa shape index (κ3) is 3.80. The zero-order valence-corrected chi connectivity index (χ0v) is 11.5. The van der Waals surface area contributed by atoms with Crippen molar-refractivity contribution < 1.29 is 4.79 Å². The first kappa shape index (κ1) is 13.5. The molecule has 0 saturated carbocycles. The fourth-order valence-electron chi connectivity index (χ4n) is 2.20. The van der Waals surface area contributed by atoms with E-state index in [0.717, 1.165) is 39.0 Å². The Hall–Kier alpha value is -0.910. The molecule has 0 saturated heterocycles. The first-order chi connectivity index (χ1) is 8.79. The number of hydrogen-bond donors (Lipinski definition) is 2. The van der Waals surface area contributed by atoms with Crippen LogP contribution in [-0.4, -0.2) is 37.0 Å². The van der Waals surface area contributed by atoms with Gasteiger partial charge in [-0.3, -0.25) is 9.69 Å². The van der Waals surface area contributed by atoms with Crippen LogP contribution < -0.4 is 11.1 Å². The minimum atomic E-state index is 0.119. The van der Waals surface area contributed by atoms with Gasteiger partial charge in [-0.15, -0.1) is 11.3 Å². The third-order valence-corrected chi connectivity index (χ3v) is 4.27. The van der Waals surface area contributed by atoms with Crippen molar-refractivity contribution in [3.63, 3.8) is 0 Å². The lowest BCUT2D eigenvalue weighted by molar-refractivity contribution is -0.121. The Kier molecular flexibility index (Phi) is 5.16. The summed E-state index contributed by atoms with van der Waals surface area (Å²) in [5, 5.41) is 5.12. The third-order valence-electron chi connectivity index (χ3n) is 3.24. The van der Waals surface area contributed by atoms with Crippen LogP contribution in [0.25, 0.3) is 0 Å². The summed E-state index contributed by atoms with van der Waals surface area (Å²) in [7, 11) is 0. The van der Waals surface area contributed by atoms with Crippen LogP contribution in [0, 0.1) is 0 Å². The van der Waals surface area contributed by atoms with Crippen LogP contribution in [0.2, 0.25) is 0 Å². The standard InChI is InChI=1S/C13H21N3OS/c14-5-1-2-13(17)15-6-8-16-7-3-12-11(10-16)4-9-18-12/h4,9H,1-3,5-8,10,14H2,(H,15,17). The number of fused-ring (bicyclic) bond motifs is 1. The number of carbonyl (C=O) groups is 1. The molecule has 0 atom stereocenters. The van der Waals surface area contributed by atoms with E-state index in [2.05, 4.69) is 21.7 Å². The highest BCUT2D eigenvalue weighted by Crippen LogP contribution is 2.23. The maximum atomic E-state index is 11.4. The molecule has 2 rings (SSSR count). The number of nitrogens with one attached hydrogen (secondary N) is 1. The molecule has 1 aliphatic heterocycles. The fourth-order valence-corrected chi connectivity index (χ4v) is 3.09. The van der Waals surface area contributed by atoms with Crippen LogP contribution in [0.5, 0.6) is 0 Å². The van der Waals surface area contributed by atoms with Crippen LogP contribution in [0.3, 0.4) is 0 Å². The van der Waals surface area contributed by atoms with E-state index in [-0.39, 0.29) is 5.91 Å². The van der Waals surface area contributed by atoms with E-state index in [9.17, 15) is 4.79 Å². The Morgan fingerprint density at radius 3 is 3.28 bits per heavy atom. The monoisotopic (exact) mass is 267 g/mol. The Balaban J connectivity index is 1.65. The molecule has 3 N–H and O–H groups in total. The summed E-state index contributed by atoms with van der Waals surface area (Å²) >= 11 is 1.86. The number of thiophene rings is 1. The lowest BCUT2D eigenvalue weighted by Gasteiger charge is -2.26. The summed E-state index contributed by atoms with van der Waals surface area (Å²) in [5.74, 6) is 0.119. The van der Waals surface area contributed by atoms with Crippen LogP contribution >= 0.6 is 11.3 Å². The molecule has 0 aliphatic carbocycles. The van der Waals surface area contributed by atoms with Crippen molar-refractivity contribution in [2.75, 3.05) is 26.2 Å². The van der Waals surface area contributed by atoms with E-state index in [0.29, 0.717) is 13.0 Å². The normalized spacial score (nSPS) is 15.4. The van der Waals surface area contributed by atoms with Gasteiger partial charge < -0.3 is 11.1 Å². The van der Waals surface area contributed by atoms with Crippen molar-refractivity contribution in [2.24, 2.45) is 5.73 Å². The van der Waals surface area contributed by atoms with Gasteiger partial charge in [0.15, 0.2) is 0 Å². The minimum absolute atomic E-state index is 0.119. The van der Waals surface area contributed by atoms with E-state index in [4.69, 9.17) is 5.73 Å². The van der Waals surface area contributed by atoms with Crippen LogP contribution in [-0.2, 0) is 17.8 Å². The first-order valence-corrected chi connectivity index (χ1v) is 7.42. The summed E-state index contributed by atoms with van der Waals surface area (Å²) in [6.07, 6.45) is 2.47. The van der Waals surface area contributed by atoms with Crippen molar-refractivity contribution in [1.29, 1.82) is 0 Å². The maximum Gasteiger partial charge on any atom is 0.220 e. The summed E-state index contributed by atoms with van der Waals surface area (Å²) in [4.78, 5) is 15.3. The molecular formula is C13H21N3OS. The second-order valence-corrected chi connectivity index (χ2v) is 5.64. The maximum absolute atomic E-state index is 11.4. The number of rotatable bonds is 6. The molecular weight excluding hydrogens is 246 g/mol. The van der Waals surface area contributed by atoms with Gasteiger partial charge >= 0.3 is 0 Å². The highest BCUT2D eigenvalue weighted by molar-refractivity contribution is 7.10. The number of nitrogens with two attached hydrogens (primary N) is 1. The summed E-state index contributed by atoms with van der Waals surface area (Å²) in [6, 6.07) is 2.21. The van der Waals surface area contributed by atoms with Crippen LogP contribution in [0.1, 0.15) is 23.3 Å². The number of carbonyl (C=O) groups excluding carboxylic acids is 1. The quantitative estimate of drug-likeness (QED) is 0.807. The summed E-state index contributed by atoms with van der Waals surface area (Å²) in [6.45, 7) is 4.39. The minimum Gasteiger partial charge on any atom is -0.355 e. The Bertz CT molecular complexity index is 391. The topological polar surface area (TPSA) is 58.4 Å². The van der Waals surface area contributed by atoms with E-state index in [1.54, 1.807) is 0 Å². The van der Waals surface area contributed by atoms with Gasteiger partial charge in [-0.25, -0.2) is 0 Å². The van der Waals surface area contributed by atoms with Gasteiger partial charge in [-0.2, -0.15) is 0 Å². The largest absolute Gasteiger partial charge is 0.355 e. The Labute approximate surface area is 112 Å². The van der Waals surface area contributed by atoms with Crippen molar-refractivity contribution in [3.8, 4) is 0 Å². The highest BCUT2D eigenvalue weighted by atomic mass is 32.1. The molecule has 100 valence electrons. The SMILES string of the molecule is NCCCC(=O)NCCN1CCc2sccc2C1. The average Bonchev–Trinajstić information content (AvgIpc) is 2.83. The number of nitrogens with zero attached hydrogens (tertiary/aromatic N) is 1. The van der Waals surface area contributed by atoms with Gasteiger partial charge in [-0.05, 0) is 36.4 Å². The molecule has 2 heterocycles. The lowest BCUT2D eigenvalue weighted by atomic mass is 10.1. The first-order valence-electron chi connectivity index (χ1n) is 6.54. The molecule has 1 aliphatic rings. The zero-order valence-electron chi connectivity index (χ0n) is 10.7. The predicted molar refractivity (Wildman–Crippen MR) is 74.6 cm³/mol. The second kappa shape index (κ2) is 6.87. The molecule has 0 unspecified atom stereocenters. The summed E-state index contributed by atoms with van der Waals surface area (Å²) in [5.41, 5.74) is 6.83. The van der Waals surface area contributed by atoms with Gasteiger partial charge in [0.1, 0.15) is 0 Å². The Morgan fingerprint density at radius 1 is 1.56 bits per heavy atom. The molecule has 1 amide bonds. The second-order valence-electron chi connectivity index (χ2n) is 4.64. The molecule has 1 aromatic heterocycles. The van der Waals surface area contributed by atoms with Gasteiger partial charge in [0.25, 0.3) is 0 Å². The molecule has 0 bridgehead atoms. The molecule has 4 nitrogen and oxygen atoms in total.